The molecule has 0 aliphatic heterocycles. The lowest BCUT2D eigenvalue weighted by molar-refractivity contribution is -0.137. The number of anilines is 3. The van der Waals surface area contributed by atoms with Crippen molar-refractivity contribution in [2.24, 2.45) is 11.1 Å². The van der Waals surface area contributed by atoms with E-state index in [-0.39, 0.29) is 36.2 Å². The Bertz CT molecular complexity index is 953. The van der Waals surface area contributed by atoms with Gasteiger partial charge in [0, 0.05) is 24.9 Å². The van der Waals surface area contributed by atoms with Gasteiger partial charge in [-0.3, -0.25) is 9.48 Å². The Morgan fingerprint density at radius 1 is 1.41 bits per heavy atom. The fraction of sp³-hybridized carbons (Fsp3) is 0.556. The fourth-order valence-corrected chi connectivity index (χ4v) is 3.39. The molecule has 2 atom stereocenters. The Labute approximate surface area is 165 Å². The lowest BCUT2D eigenvalue weighted by atomic mass is 10.1. The van der Waals surface area contributed by atoms with Crippen LogP contribution in [0.3, 0.4) is 0 Å². The standard InChI is InChI=1S/C18H22F3N7O/c1-3-23-14-10(18(19,20)21)7-24-16(26-14)25-11-8-28(27-13(11)9-4-5-9)12-6-17(12,2)15(22)29/h7-9,12H,3-6H2,1-2H3,(H2,22,29)(H2,23,24,25,26)/t12?,17-/m0/s1. The number of nitrogens with zero attached hydrogens (tertiary/aromatic N) is 4. The van der Waals surface area contributed by atoms with Crippen molar-refractivity contribution in [3.63, 3.8) is 0 Å². The molecule has 2 aliphatic carbocycles. The van der Waals surface area contributed by atoms with E-state index in [0.717, 1.165) is 24.7 Å². The SMILES string of the molecule is CCNc1nc(Nc2cn(C3C[C@]3(C)C(N)=O)nc2C2CC2)ncc1C(F)(F)F. The summed E-state index contributed by atoms with van der Waals surface area (Å²) in [5.41, 5.74) is 5.37. The monoisotopic (exact) mass is 409 g/mol. The molecule has 29 heavy (non-hydrogen) atoms. The third-order valence-electron chi connectivity index (χ3n) is 5.48. The molecule has 2 saturated carbocycles. The summed E-state index contributed by atoms with van der Waals surface area (Å²) in [6, 6.07) is -0.126. The third-order valence-corrected chi connectivity index (χ3v) is 5.48. The Hall–Kier alpha value is -2.85. The second kappa shape index (κ2) is 6.60. The van der Waals surface area contributed by atoms with Gasteiger partial charge < -0.3 is 16.4 Å². The van der Waals surface area contributed by atoms with Crippen LogP contribution in [0, 0.1) is 5.41 Å². The van der Waals surface area contributed by atoms with Crippen LogP contribution in [-0.4, -0.2) is 32.2 Å². The largest absolute Gasteiger partial charge is 0.421 e. The number of hydrogen-bond acceptors (Lipinski definition) is 6. The van der Waals surface area contributed by atoms with Crippen LogP contribution in [-0.2, 0) is 11.0 Å². The summed E-state index contributed by atoms with van der Waals surface area (Å²) < 4.78 is 41.2. The smallest absolute Gasteiger partial charge is 0.370 e. The summed E-state index contributed by atoms with van der Waals surface area (Å²) in [6.07, 6.45) is 0.542. The highest BCUT2D eigenvalue weighted by Crippen LogP contribution is 2.56. The molecule has 2 heterocycles. The number of alkyl halides is 3. The second-order valence-electron chi connectivity index (χ2n) is 7.79. The van der Waals surface area contributed by atoms with Crippen LogP contribution in [0.1, 0.15) is 56.3 Å². The van der Waals surface area contributed by atoms with Crippen molar-refractivity contribution in [3.8, 4) is 0 Å². The molecule has 1 amide bonds. The second-order valence-corrected chi connectivity index (χ2v) is 7.79. The normalized spacial score (nSPS) is 23.7. The maximum absolute atomic E-state index is 13.2. The van der Waals surface area contributed by atoms with E-state index in [1.54, 1.807) is 24.7 Å². The Morgan fingerprint density at radius 2 is 2.14 bits per heavy atom. The summed E-state index contributed by atoms with van der Waals surface area (Å²) in [4.78, 5) is 19.5. The van der Waals surface area contributed by atoms with Crippen LogP contribution in [0.2, 0.25) is 0 Å². The van der Waals surface area contributed by atoms with Gasteiger partial charge in [0.05, 0.1) is 22.8 Å². The highest BCUT2D eigenvalue weighted by Gasteiger charge is 2.57. The summed E-state index contributed by atoms with van der Waals surface area (Å²) in [7, 11) is 0. The Kier molecular flexibility index (Phi) is 4.43. The molecule has 4 N–H and O–H groups in total. The molecule has 0 saturated heterocycles. The van der Waals surface area contributed by atoms with E-state index in [0.29, 0.717) is 12.1 Å². The van der Waals surface area contributed by atoms with Crippen LogP contribution < -0.4 is 16.4 Å². The maximum atomic E-state index is 13.2. The van der Waals surface area contributed by atoms with E-state index in [1.165, 1.54) is 0 Å². The Balaban J connectivity index is 1.63. The molecule has 8 nitrogen and oxygen atoms in total. The van der Waals surface area contributed by atoms with Crippen molar-refractivity contribution in [1.82, 2.24) is 19.7 Å². The predicted octanol–water partition coefficient (Wildman–Crippen LogP) is 3.18. The first-order valence-corrected chi connectivity index (χ1v) is 9.47. The van der Waals surface area contributed by atoms with E-state index >= 15 is 0 Å². The minimum atomic E-state index is -4.55. The van der Waals surface area contributed by atoms with Crippen molar-refractivity contribution >= 4 is 23.4 Å². The molecule has 1 unspecified atom stereocenters. The van der Waals surface area contributed by atoms with E-state index in [9.17, 15) is 18.0 Å². The number of aromatic nitrogens is 4. The lowest BCUT2D eigenvalue weighted by Gasteiger charge is -2.13. The number of rotatable bonds is 7. The summed E-state index contributed by atoms with van der Waals surface area (Å²) in [5, 5.41) is 10.3. The van der Waals surface area contributed by atoms with Gasteiger partial charge in [-0.2, -0.15) is 23.3 Å². The van der Waals surface area contributed by atoms with Crippen molar-refractivity contribution in [1.29, 1.82) is 0 Å². The van der Waals surface area contributed by atoms with Crippen molar-refractivity contribution in [3.05, 3.63) is 23.7 Å². The molecule has 156 valence electrons. The van der Waals surface area contributed by atoms with E-state index in [2.05, 4.69) is 25.7 Å². The number of halogens is 3. The first-order valence-electron chi connectivity index (χ1n) is 9.47. The number of amides is 1. The Morgan fingerprint density at radius 3 is 2.69 bits per heavy atom. The average Bonchev–Trinajstić information content (AvgIpc) is 3.54. The third kappa shape index (κ3) is 3.60. The first-order chi connectivity index (χ1) is 13.6. The van der Waals surface area contributed by atoms with Gasteiger partial charge in [-0.25, -0.2) is 4.98 Å². The quantitative estimate of drug-likeness (QED) is 0.648. The van der Waals surface area contributed by atoms with Crippen LogP contribution >= 0.6 is 0 Å². The molecule has 0 spiro atoms. The molecule has 2 aliphatic rings. The van der Waals surface area contributed by atoms with Gasteiger partial charge >= 0.3 is 6.18 Å². The van der Waals surface area contributed by atoms with Gasteiger partial charge in [-0.1, -0.05) is 0 Å². The first kappa shape index (κ1) is 19.5. The molecular weight excluding hydrogens is 387 g/mol. The number of primary amides is 1. The molecule has 0 radical (unpaired) electrons. The van der Waals surface area contributed by atoms with Crippen LogP contribution in [0.25, 0.3) is 0 Å². The number of nitrogens with two attached hydrogens (primary N) is 1. The number of hydrogen-bond donors (Lipinski definition) is 3. The zero-order valence-electron chi connectivity index (χ0n) is 16.0. The van der Waals surface area contributed by atoms with Crippen LogP contribution in [0.5, 0.6) is 0 Å². The fourth-order valence-electron chi connectivity index (χ4n) is 3.39. The molecule has 0 aromatic carbocycles. The van der Waals surface area contributed by atoms with E-state index in [1.807, 2.05) is 0 Å². The van der Waals surface area contributed by atoms with Gasteiger partial charge in [-0.15, -0.1) is 0 Å². The topological polar surface area (TPSA) is 111 Å². The number of nitrogens with one attached hydrogen (secondary N) is 2. The zero-order valence-corrected chi connectivity index (χ0v) is 16.0. The van der Waals surface area contributed by atoms with Gasteiger partial charge in [0.2, 0.25) is 11.9 Å². The number of carbonyl (C=O) groups is 1. The average molecular weight is 409 g/mol. The molecule has 4 rings (SSSR count). The van der Waals surface area contributed by atoms with Crippen LogP contribution in [0.15, 0.2) is 12.4 Å². The maximum Gasteiger partial charge on any atom is 0.421 e. The minimum absolute atomic E-state index is 0.0452. The molecule has 0 bridgehead atoms. The van der Waals surface area contributed by atoms with Gasteiger partial charge in [0.15, 0.2) is 0 Å². The lowest BCUT2D eigenvalue weighted by Crippen LogP contribution is -2.24. The molecule has 11 heteroatoms. The predicted molar refractivity (Wildman–Crippen MR) is 99.6 cm³/mol. The highest BCUT2D eigenvalue weighted by molar-refractivity contribution is 5.84. The molecular formula is C18H22F3N7O. The summed E-state index contributed by atoms with van der Waals surface area (Å²) >= 11 is 0. The zero-order chi connectivity index (χ0) is 21.0. The highest BCUT2D eigenvalue weighted by atomic mass is 19.4. The molecule has 2 fully saturated rings. The molecule has 2 aromatic heterocycles. The van der Waals surface area contributed by atoms with E-state index in [4.69, 9.17) is 5.73 Å². The summed E-state index contributed by atoms with van der Waals surface area (Å²) in [5.74, 6) is -0.327. The molecule has 2 aromatic rings. The van der Waals surface area contributed by atoms with Crippen LogP contribution in [0.4, 0.5) is 30.6 Å². The van der Waals surface area contributed by atoms with Gasteiger partial charge in [-0.05, 0) is 33.1 Å². The van der Waals surface area contributed by atoms with Crippen molar-refractivity contribution in [2.75, 3.05) is 17.2 Å². The van der Waals surface area contributed by atoms with Crippen molar-refractivity contribution < 1.29 is 18.0 Å². The number of carbonyl (C=O) groups excluding carboxylic acids is 1. The summed E-state index contributed by atoms with van der Waals surface area (Å²) in [6.45, 7) is 3.78. The van der Waals surface area contributed by atoms with Gasteiger partial charge in [0.25, 0.3) is 0 Å². The van der Waals surface area contributed by atoms with Crippen molar-refractivity contribution in [2.45, 2.75) is 51.2 Å². The van der Waals surface area contributed by atoms with Gasteiger partial charge in [0.1, 0.15) is 11.4 Å². The minimum Gasteiger partial charge on any atom is -0.370 e. The van der Waals surface area contributed by atoms with E-state index < -0.39 is 17.2 Å².